The highest BCUT2D eigenvalue weighted by atomic mass is 32.2. The fourth-order valence-corrected chi connectivity index (χ4v) is 3.95. The van der Waals surface area contributed by atoms with E-state index in [0.717, 1.165) is 24.6 Å². The van der Waals surface area contributed by atoms with Crippen LogP contribution in [0.5, 0.6) is 0 Å². The van der Waals surface area contributed by atoms with E-state index in [1.807, 2.05) is 6.92 Å². The Labute approximate surface area is 158 Å². The molecule has 1 aliphatic heterocycles. The highest BCUT2D eigenvalue weighted by molar-refractivity contribution is 7.89. The van der Waals surface area contributed by atoms with Gasteiger partial charge in [0.15, 0.2) is 0 Å². The van der Waals surface area contributed by atoms with Gasteiger partial charge in [-0.25, -0.2) is 12.8 Å². The molecule has 2 N–H and O–H groups in total. The molecule has 0 aliphatic carbocycles. The molecule has 1 atom stereocenters. The zero-order chi connectivity index (χ0) is 20.0. The Morgan fingerprint density at radius 1 is 1.30 bits per heavy atom. The number of hydrogen-bond acceptors (Lipinski definition) is 5. The molecule has 2 rings (SSSR count). The number of sulfonamides is 1. The number of nitrogens with one attached hydrogen (secondary N) is 2. The fraction of sp³-hybridized carbons (Fsp3) is 0.529. The molecule has 0 saturated carbocycles. The van der Waals surface area contributed by atoms with Crippen molar-refractivity contribution in [3.63, 3.8) is 0 Å². The monoisotopic (exact) mass is 401 g/mol. The van der Waals surface area contributed by atoms with E-state index >= 15 is 0 Å². The highest BCUT2D eigenvalue weighted by Crippen LogP contribution is 2.20. The van der Waals surface area contributed by atoms with Crippen LogP contribution >= 0.6 is 0 Å². The molecule has 0 aromatic heterocycles. The first-order valence-electron chi connectivity index (χ1n) is 8.73. The summed E-state index contributed by atoms with van der Waals surface area (Å²) in [6, 6.07) is 2.16. The van der Waals surface area contributed by atoms with Crippen molar-refractivity contribution in [1.82, 2.24) is 14.9 Å². The van der Waals surface area contributed by atoms with Gasteiger partial charge in [-0.1, -0.05) is 6.92 Å². The third kappa shape index (κ3) is 5.24. The number of morpholine rings is 1. The van der Waals surface area contributed by atoms with E-state index in [-0.39, 0.29) is 31.2 Å². The average molecular weight is 401 g/mol. The molecule has 10 heteroatoms. The Kier molecular flexibility index (Phi) is 7.28. The van der Waals surface area contributed by atoms with Crippen LogP contribution in [0.3, 0.4) is 0 Å². The first-order valence-corrected chi connectivity index (χ1v) is 10.2. The van der Waals surface area contributed by atoms with Crippen LogP contribution in [0.4, 0.5) is 4.39 Å². The molecule has 1 heterocycles. The summed E-state index contributed by atoms with van der Waals surface area (Å²) < 4.78 is 45.8. The van der Waals surface area contributed by atoms with Crippen molar-refractivity contribution < 1.29 is 27.1 Å². The lowest BCUT2D eigenvalue weighted by Gasteiger charge is -2.26. The Bertz CT molecular complexity index is 794. The van der Waals surface area contributed by atoms with Crippen LogP contribution in [-0.2, 0) is 19.6 Å². The third-order valence-electron chi connectivity index (χ3n) is 4.08. The van der Waals surface area contributed by atoms with E-state index in [0.29, 0.717) is 6.54 Å². The van der Waals surface area contributed by atoms with E-state index < -0.39 is 39.3 Å². The van der Waals surface area contributed by atoms with Gasteiger partial charge in [0.05, 0.1) is 23.7 Å². The molecule has 1 aliphatic rings. The van der Waals surface area contributed by atoms with Crippen LogP contribution in [0.25, 0.3) is 0 Å². The molecule has 8 nitrogen and oxygen atoms in total. The minimum Gasteiger partial charge on any atom is -0.379 e. The molecule has 27 heavy (non-hydrogen) atoms. The zero-order valence-electron chi connectivity index (χ0n) is 15.3. The second-order valence-electron chi connectivity index (χ2n) is 6.14. The summed E-state index contributed by atoms with van der Waals surface area (Å²) in [5.74, 6) is -2.12. The highest BCUT2D eigenvalue weighted by Gasteiger charge is 2.28. The van der Waals surface area contributed by atoms with Crippen molar-refractivity contribution in [3.05, 3.63) is 29.6 Å². The number of rotatable bonds is 7. The van der Waals surface area contributed by atoms with Crippen LogP contribution in [0.2, 0.25) is 0 Å². The topological polar surface area (TPSA) is 105 Å². The predicted molar refractivity (Wildman–Crippen MR) is 96.2 cm³/mol. The summed E-state index contributed by atoms with van der Waals surface area (Å²) in [7, 11) is -3.86. The van der Waals surface area contributed by atoms with Gasteiger partial charge in [0.2, 0.25) is 15.9 Å². The first-order chi connectivity index (χ1) is 12.8. The molecule has 0 bridgehead atoms. The second-order valence-corrected chi connectivity index (χ2v) is 8.08. The molecule has 2 amide bonds. The zero-order valence-corrected chi connectivity index (χ0v) is 16.1. The predicted octanol–water partition coefficient (Wildman–Crippen LogP) is 0.491. The fourth-order valence-electron chi connectivity index (χ4n) is 2.52. The first kappa shape index (κ1) is 21.3. The van der Waals surface area contributed by atoms with Gasteiger partial charge >= 0.3 is 0 Å². The number of carbonyl (C=O) groups is 2. The molecular weight excluding hydrogens is 377 g/mol. The van der Waals surface area contributed by atoms with Crippen molar-refractivity contribution >= 4 is 21.8 Å². The van der Waals surface area contributed by atoms with Crippen molar-refractivity contribution in [3.8, 4) is 0 Å². The Hall–Kier alpha value is -2.04. The summed E-state index contributed by atoms with van der Waals surface area (Å²) >= 11 is 0. The third-order valence-corrected chi connectivity index (χ3v) is 5.98. The summed E-state index contributed by atoms with van der Waals surface area (Å²) in [4.78, 5) is 24.0. The quantitative estimate of drug-likeness (QED) is 0.692. The van der Waals surface area contributed by atoms with Gasteiger partial charge in [-0.05, 0) is 31.5 Å². The summed E-state index contributed by atoms with van der Waals surface area (Å²) in [5.41, 5.74) is -0.431. The number of hydrogen-bond donors (Lipinski definition) is 2. The number of nitrogens with zero attached hydrogens (tertiary/aromatic N) is 1. The van der Waals surface area contributed by atoms with E-state index in [1.54, 1.807) is 0 Å². The summed E-state index contributed by atoms with van der Waals surface area (Å²) in [6.07, 6.45) is 0.739. The molecule has 0 spiro atoms. The number of benzene rings is 1. The van der Waals surface area contributed by atoms with Crippen molar-refractivity contribution in [2.24, 2.45) is 0 Å². The van der Waals surface area contributed by atoms with E-state index in [9.17, 15) is 22.4 Å². The van der Waals surface area contributed by atoms with Gasteiger partial charge in [-0.3, -0.25) is 9.59 Å². The maximum atomic E-state index is 14.1. The second kappa shape index (κ2) is 9.25. The van der Waals surface area contributed by atoms with E-state index in [4.69, 9.17) is 4.74 Å². The molecule has 1 saturated heterocycles. The van der Waals surface area contributed by atoms with Crippen molar-refractivity contribution in [2.75, 3.05) is 32.8 Å². The minimum absolute atomic E-state index is 0.181. The maximum absolute atomic E-state index is 14.1. The SMILES string of the molecule is CCCNC(=O)[C@@H](C)NC(=O)c1cc(S(=O)(=O)N2CCOCC2)ccc1F. The largest absolute Gasteiger partial charge is 0.379 e. The average Bonchev–Trinajstić information content (AvgIpc) is 2.66. The molecule has 1 fully saturated rings. The lowest BCUT2D eigenvalue weighted by molar-refractivity contribution is -0.122. The van der Waals surface area contributed by atoms with Crippen LogP contribution in [0.15, 0.2) is 23.1 Å². The Morgan fingerprint density at radius 3 is 2.59 bits per heavy atom. The van der Waals surface area contributed by atoms with Crippen LogP contribution < -0.4 is 10.6 Å². The number of amides is 2. The summed E-state index contributed by atoms with van der Waals surface area (Å²) in [6.45, 7) is 4.75. The number of carbonyl (C=O) groups excluding carboxylic acids is 2. The Balaban J connectivity index is 2.19. The van der Waals surface area contributed by atoms with Gasteiger partial charge in [-0.15, -0.1) is 0 Å². The molecule has 1 aromatic carbocycles. The van der Waals surface area contributed by atoms with Gasteiger partial charge in [0.25, 0.3) is 5.91 Å². The smallest absolute Gasteiger partial charge is 0.254 e. The molecule has 0 unspecified atom stereocenters. The summed E-state index contributed by atoms with van der Waals surface area (Å²) in [5, 5.41) is 5.00. The molecule has 1 aromatic rings. The minimum atomic E-state index is -3.86. The van der Waals surface area contributed by atoms with E-state index in [1.165, 1.54) is 11.2 Å². The van der Waals surface area contributed by atoms with Gasteiger partial charge in [-0.2, -0.15) is 4.31 Å². The molecule has 150 valence electrons. The van der Waals surface area contributed by atoms with E-state index in [2.05, 4.69) is 10.6 Å². The van der Waals surface area contributed by atoms with Gasteiger partial charge < -0.3 is 15.4 Å². The molecule has 0 radical (unpaired) electrons. The Morgan fingerprint density at radius 2 is 1.96 bits per heavy atom. The standard InChI is InChI=1S/C17H24FN3O5S/c1-3-6-19-16(22)12(2)20-17(23)14-11-13(4-5-15(14)18)27(24,25)21-7-9-26-10-8-21/h4-5,11-12H,3,6-10H2,1-2H3,(H,19,22)(H,20,23)/t12-/m1/s1. The van der Waals surface area contributed by atoms with Crippen molar-refractivity contribution in [2.45, 2.75) is 31.2 Å². The van der Waals surface area contributed by atoms with Gasteiger partial charge in [0.1, 0.15) is 11.9 Å². The lowest BCUT2D eigenvalue weighted by atomic mass is 10.2. The van der Waals surface area contributed by atoms with Gasteiger partial charge in [0, 0.05) is 19.6 Å². The normalized spacial score (nSPS) is 16.6. The van der Waals surface area contributed by atoms with Crippen LogP contribution in [0, 0.1) is 5.82 Å². The maximum Gasteiger partial charge on any atom is 0.254 e. The van der Waals surface area contributed by atoms with Crippen LogP contribution in [-0.4, -0.2) is 63.4 Å². The van der Waals surface area contributed by atoms with Crippen LogP contribution in [0.1, 0.15) is 30.6 Å². The van der Waals surface area contributed by atoms with Crippen molar-refractivity contribution in [1.29, 1.82) is 0 Å². The number of ether oxygens (including phenoxy) is 1. The lowest BCUT2D eigenvalue weighted by Crippen LogP contribution is -2.45. The molecular formula is C17H24FN3O5S. The number of halogens is 1.